The number of aliphatic hydroxyl groups excluding tert-OH is 3. The minimum Gasteiger partial charge on any atom is -0.394 e. The van der Waals surface area contributed by atoms with E-state index in [9.17, 15) is 15.3 Å². The van der Waals surface area contributed by atoms with Gasteiger partial charge in [0.1, 0.15) is 36.6 Å². The highest BCUT2D eigenvalue weighted by molar-refractivity contribution is 5.15. The van der Waals surface area contributed by atoms with Crippen LogP contribution in [0.5, 0.6) is 0 Å². The third-order valence-electron chi connectivity index (χ3n) is 7.06. The van der Waals surface area contributed by atoms with Gasteiger partial charge in [0.15, 0.2) is 12.6 Å². The van der Waals surface area contributed by atoms with Crippen LogP contribution < -0.4 is 0 Å². The zero-order valence-electron chi connectivity index (χ0n) is 22.1. The average molecular weight is 553 g/mol. The lowest BCUT2D eigenvalue weighted by Gasteiger charge is -2.29. The van der Waals surface area contributed by atoms with Crippen LogP contribution in [0.4, 0.5) is 0 Å². The quantitative estimate of drug-likeness (QED) is 0.294. The Morgan fingerprint density at radius 1 is 0.525 bits per heavy atom. The first-order valence-corrected chi connectivity index (χ1v) is 13.5. The third-order valence-corrected chi connectivity index (χ3v) is 7.06. The highest BCUT2D eigenvalue weighted by Gasteiger charge is 2.52. The predicted octanol–water partition coefficient (Wildman–Crippen LogP) is 2.55. The maximum atomic E-state index is 10.7. The molecule has 0 aromatic heterocycles. The summed E-state index contributed by atoms with van der Waals surface area (Å²) in [5.74, 6) is 0. The van der Waals surface area contributed by atoms with Crippen LogP contribution in [0.2, 0.25) is 0 Å². The Bertz CT molecular complexity index is 1130. The van der Waals surface area contributed by atoms with E-state index >= 15 is 0 Å². The molecule has 2 aliphatic rings. The molecule has 9 heteroatoms. The van der Waals surface area contributed by atoms with E-state index in [0.29, 0.717) is 0 Å². The van der Waals surface area contributed by atoms with Crippen LogP contribution >= 0.6 is 0 Å². The average Bonchev–Trinajstić information content (AvgIpc) is 3.50. The molecular formula is C31H36O9. The molecule has 8 atom stereocenters. The summed E-state index contributed by atoms with van der Waals surface area (Å²) in [5.41, 5.74) is 2.84. The summed E-state index contributed by atoms with van der Waals surface area (Å²) >= 11 is 0. The molecule has 0 aliphatic carbocycles. The van der Waals surface area contributed by atoms with Gasteiger partial charge in [-0.2, -0.15) is 0 Å². The van der Waals surface area contributed by atoms with E-state index in [0.717, 1.165) is 16.7 Å². The molecule has 3 aromatic carbocycles. The molecule has 3 aromatic rings. The van der Waals surface area contributed by atoms with Crippen molar-refractivity contribution in [3.63, 3.8) is 0 Å². The van der Waals surface area contributed by atoms with E-state index in [-0.39, 0.29) is 33.0 Å². The van der Waals surface area contributed by atoms with Gasteiger partial charge in [0.2, 0.25) is 0 Å². The summed E-state index contributed by atoms with van der Waals surface area (Å²) in [4.78, 5) is 0. The third kappa shape index (κ3) is 7.13. The summed E-state index contributed by atoms with van der Waals surface area (Å²) in [6.07, 6.45) is -7.07. The first-order valence-electron chi connectivity index (χ1n) is 13.5. The fourth-order valence-electron chi connectivity index (χ4n) is 4.98. The van der Waals surface area contributed by atoms with Crippen molar-refractivity contribution in [2.45, 2.75) is 69.0 Å². The molecule has 0 spiro atoms. The van der Waals surface area contributed by atoms with Crippen molar-refractivity contribution in [2.24, 2.45) is 0 Å². The van der Waals surface area contributed by atoms with Crippen molar-refractivity contribution in [1.82, 2.24) is 0 Å². The topological polar surface area (TPSA) is 116 Å². The lowest BCUT2D eigenvalue weighted by atomic mass is 10.1. The Labute approximate surface area is 233 Å². The van der Waals surface area contributed by atoms with E-state index in [1.54, 1.807) is 0 Å². The predicted molar refractivity (Wildman–Crippen MR) is 144 cm³/mol. The fourth-order valence-corrected chi connectivity index (χ4v) is 4.98. The molecular weight excluding hydrogens is 516 g/mol. The van der Waals surface area contributed by atoms with E-state index in [4.69, 9.17) is 28.4 Å². The Kier molecular flexibility index (Phi) is 10.3. The first kappa shape index (κ1) is 28.8. The van der Waals surface area contributed by atoms with E-state index in [2.05, 4.69) is 0 Å². The molecule has 0 radical (unpaired) electrons. The summed E-state index contributed by atoms with van der Waals surface area (Å²) in [6, 6.07) is 28.9. The van der Waals surface area contributed by atoms with Crippen LogP contribution in [0.25, 0.3) is 0 Å². The lowest BCUT2D eigenvalue weighted by Crippen LogP contribution is -2.45. The Hall–Kier alpha value is -2.70. The van der Waals surface area contributed by atoms with Crippen LogP contribution in [-0.2, 0) is 48.2 Å². The molecule has 214 valence electrons. The van der Waals surface area contributed by atoms with Gasteiger partial charge in [0.05, 0.1) is 33.0 Å². The summed E-state index contributed by atoms with van der Waals surface area (Å²) in [6.45, 7) is 0.0989. The second kappa shape index (κ2) is 14.3. The van der Waals surface area contributed by atoms with Crippen LogP contribution in [0.1, 0.15) is 16.7 Å². The molecule has 2 aliphatic heterocycles. The number of hydrogen-bond acceptors (Lipinski definition) is 9. The van der Waals surface area contributed by atoms with Crippen molar-refractivity contribution < 1.29 is 43.7 Å². The SMILES string of the molecule is OC[C@H]1O[C@@H](O[C@H]2[C@H](OCc3ccccc3)[C@@H](CO)O[C@@H]2O)[C@@H](OCc2ccccc2)[C@@H]1OCc1ccccc1. The Balaban J connectivity index is 1.33. The number of rotatable bonds is 13. The second-order valence-electron chi connectivity index (χ2n) is 9.86. The molecule has 0 bridgehead atoms. The summed E-state index contributed by atoms with van der Waals surface area (Å²) < 4.78 is 36.6. The largest absolute Gasteiger partial charge is 0.394 e. The van der Waals surface area contributed by atoms with E-state index < -0.39 is 49.2 Å². The first-order chi connectivity index (χ1) is 19.7. The number of benzene rings is 3. The molecule has 3 N–H and O–H groups in total. The van der Waals surface area contributed by atoms with E-state index in [1.807, 2.05) is 91.0 Å². The number of hydrogen-bond donors (Lipinski definition) is 3. The van der Waals surface area contributed by atoms with Gasteiger partial charge in [-0.05, 0) is 16.7 Å². The molecule has 5 rings (SSSR count). The van der Waals surface area contributed by atoms with Crippen LogP contribution in [0, 0.1) is 0 Å². The molecule has 2 saturated heterocycles. The van der Waals surface area contributed by atoms with Crippen molar-refractivity contribution in [2.75, 3.05) is 13.2 Å². The standard InChI is InChI=1S/C31H36O9/c32-16-24-26(35-18-21-10-4-1-5-11-21)28(30(34)38-24)40-31-29(37-20-23-14-8-3-9-15-23)27(25(17-33)39-31)36-19-22-12-6-2-7-13-22/h1-15,24-34H,16-20H2/t24-,25-,26-,27-,28+,29+,30+,31+/m1/s1. The van der Waals surface area contributed by atoms with Crippen LogP contribution in [-0.4, -0.2) is 77.7 Å². The second-order valence-corrected chi connectivity index (χ2v) is 9.86. The number of ether oxygens (including phenoxy) is 6. The molecule has 0 saturated carbocycles. The van der Waals surface area contributed by atoms with Gasteiger partial charge >= 0.3 is 0 Å². The number of aliphatic hydroxyl groups is 3. The molecule has 2 heterocycles. The highest BCUT2D eigenvalue weighted by Crippen LogP contribution is 2.34. The van der Waals surface area contributed by atoms with Crippen molar-refractivity contribution >= 4 is 0 Å². The maximum absolute atomic E-state index is 10.7. The monoisotopic (exact) mass is 552 g/mol. The zero-order chi connectivity index (χ0) is 27.7. The lowest BCUT2D eigenvalue weighted by molar-refractivity contribution is -0.246. The Morgan fingerprint density at radius 2 is 0.925 bits per heavy atom. The zero-order valence-corrected chi connectivity index (χ0v) is 22.1. The summed E-state index contributed by atoms with van der Waals surface area (Å²) in [7, 11) is 0. The maximum Gasteiger partial charge on any atom is 0.187 e. The van der Waals surface area contributed by atoms with Gasteiger partial charge in [0.25, 0.3) is 0 Å². The van der Waals surface area contributed by atoms with Crippen molar-refractivity contribution in [3.8, 4) is 0 Å². The molecule has 0 amide bonds. The van der Waals surface area contributed by atoms with Crippen LogP contribution in [0.15, 0.2) is 91.0 Å². The van der Waals surface area contributed by atoms with Crippen molar-refractivity contribution in [3.05, 3.63) is 108 Å². The van der Waals surface area contributed by atoms with Gasteiger partial charge in [-0.25, -0.2) is 0 Å². The minimum atomic E-state index is -1.37. The summed E-state index contributed by atoms with van der Waals surface area (Å²) in [5, 5.41) is 30.8. The minimum absolute atomic E-state index is 0.236. The molecule has 40 heavy (non-hydrogen) atoms. The van der Waals surface area contributed by atoms with Gasteiger partial charge < -0.3 is 43.7 Å². The fraction of sp³-hybridized carbons (Fsp3) is 0.419. The van der Waals surface area contributed by atoms with Crippen molar-refractivity contribution in [1.29, 1.82) is 0 Å². The van der Waals surface area contributed by atoms with Gasteiger partial charge in [-0.1, -0.05) is 91.0 Å². The molecule has 9 nitrogen and oxygen atoms in total. The Morgan fingerprint density at radius 3 is 1.38 bits per heavy atom. The van der Waals surface area contributed by atoms with Gasteiger partial charge in [-0.3, -0.25) is 0 Å². The van der Waals surface area contributed by atoms with Crippen LogP contribution in [0.3, 0.4) is 0 Å². The van der Waals surface area contributed by atoms with Gasteiger partial charge in [-0.15, -0.1) is 0 Å². The highest BCUT2D eigenvalue weighted by atomic mass is 16.8. The van der Waals surface area contributed by atoms with E-state index in [1.165, 1.54) is 0 Å². The smallest absolute Gasteiger partial charge is 0.187 e. The van der Waals surface area contributed by atoms with Gasteiger partial charge in [0, 0.05) is 0 Å². The molecule has 2 fully saturated rings. The molecule has 0 unspecified atom stereocenters. The normalized spacial score (nSPS) is 30.1.